The molecule has 30 heavy (non-hydrogen) atoms. The maximum absolute atomic E-state index is 12.6. The Hall–Kier alpha value is -2.39. The van der Waals surface area contributed by atoms with Gasteiger partial charge in [-0.25, -0.2) is 17.9 Å². The van der Waals surface area contributed by atoms with Gasteiger partial charge in [0.2, 0.25) is 15.9 Å². The summed E-state index contributed by atoms with van der Waals surface area (Å²) in [7, 11) is -3.50. The lowest BCUT2D eigenvalue weighted by Crippen LogP contribution is -2.62. The van der Waals surface area contributed by atoms with E-state index < -0.39 is 15.6 Å². The highest BCUT2D eigenvalue weighted by Gasteiger charge is 2.37. The van der Waals surface area contributed by atoms with Crippen molar-refractivity contribution in [2.45, 2.75) is 51.2 Å². The summed E-state index contributed by atoms with van der Waals surface area (Å²) < 4.78 is 31.7. The molecule has 0 bridgehead atoms. The van der Waals surface area contributed by atoms with E-state index in [4.69, 9.17) is 4.74 Å². The summed E-state index contributed by atoms with van der Waals surface area (Å²) in [5, 5.41) is 0. The monoisotopic (exact) mass is 437 g/mol. The van der Waals surface area contributed by atoms with Crippen LogP contribution >= 0.6 is 0 Å². The zero-order valence-corrected chi connectivity index (χ0v) is 19.0. The minimum absolute atomic E-state index is 0.0488. The number of ether oxygens (including phenoxy) is 1. The van der Waals surface area contributed by atoms with Crippen LogP contribution in [0.3, 0.4) is 0 Å². The number of likely N-dealkylation sites (tertiary alicyclic amines) is 1. The van der Waals surface area contributed by atoms with E-state index >= 15 is 0 Å². The van der Waals surface area contributed by atoms with Gasteiger partial charge in [-0.05, 0) is 51.5 Å². The largest absolute Gasteiger partial charge is 0.444 e. The molecule has 0 radical (unpaired) electrons. The Balaban J connectivity index is 1.94. The van der Waals surface area contributed by atoms with Crippen molar-refractivity contribution in [1.29, 1.82) is 0 Å². The summed E-state index contributed by atoms with van der Waals surface area (Å²) >= 11 is 0. The second-order valence-electron chi connectivity index (χ2n) is 8.07. The van der Waals surface area contributed by atoms with Crippen LogP contribution in [0.4, 0.5) is 4.79 Å². The minimum Gasteiger partial charge on any atom is -0.444 e. The van der Waals surface area contributed by atoms with Crippen molar-refractivity contribution in [3.63, 3.8) is 0 Å². The van der Waals surface area contributed by atoms with Gasteiger partial charge in [-0.1, -0.05) is 19.1 Å². The Morgan fingerprint density at radius 2 is 1.80 bits per heavy atom. The molecular formula is C21H31N3O5S. The Morgan fingerprint density at radius 1 is 1.20 bits per heavy atom. The predicted molar refractivity (Wildman–Crippen MR) is 115 cm³/mol. The van der Waals surface area contributed by atoms with Crippen molar-refractivity contribution in [2.75, 3.05) is 26.2 Å². The maximum atomic E-state index is 12.6. The number of benzene rings is 1. The lowest BCUT2D eigenvalue weighted by molar-refractivity contribution is -0.131. The zero-order chi connectivity index (χ0) is 22.5. The molecule has 0 aliphatic carbocycles. The molecule has 0 saturated carbocycles. The van der Waals surface area contributed by atoms with Crippen LogP contribution in [-0.4, -0.2) is 68.0 Å². The first kappa shape index (κ1) is 23.9. The average Bonchev–Trinajstić information content (AvgIpc) is 2.61. The second kappa shape index (κ2) is 9.61. The smallest absolute Gasteiger partial charge is 0.410 e. The van der Waals surface area contributed by atoms with Crippen LogP contribution in [-0.2, 0) is 19.6 Å². The van der Waals surface area contributed by atoms with Gasteiger partial charge >= 0.3 is 6.09 Å². The first-order chi connectivity index (χ1) is 14.0. The van der Waals surface area contributed by atoms with Crippen molar-refractivity contribution in [2.24, 2.45) is 0 Å². The first-order valence-electron chi connectivity index (χ1n) is 10.0. The van der Waals surface area contributed by atoms with Gasteiger partial charge in [-0.15, -0.1) is 0 Å². The lowest BCUT2D eigenvalue weighted by atomic mass is 10.1. The molecule has 1 fully saturated rings. The van der Waals surface area contributed by atoms with Crippen LogP contribution in [0.15, 0.2) is 35.2 Å². The molecule has 0 atom stereocenters. The van der Waals surface area contributed by atoms with E-state index in [1.807, 2.05) is 27.7 Å². The summed E-state index contributed by atoms with van der Waals surface area (Å²) in [6.07, 6.45) is 2.75. The fourth-order valence-corrected chi connectivity index (χ4v) is 4.06. The van der Waals surface area contributed by atoms with Crippen LogP contribution < -0.4 is 4.72 Å². The van der Waals surface area contributed by atoms with Crippen molar-refractivity contribution in [3.05, 3.63) is 35.9 Å². The molecule has 8 nitrogen and oxygen atoms in total. The van der Waals surface area contributed by atoms with Crippen molar-refractivity contribution >= 4 is 28.1 Å². The predicted octanol–water partition coefficient (Wildman–Crippen LogP) is 2.47. The summed E-state index contributed by atoms with van der Waals surface area (Å²) in [4.78, 5) is 28.1. The van der Waals surface area contributed by atoms with Gasteiger partial charge in [0.15, 0.2) is 0 Å². The molecule has 1 aromatic rings. The summed E-state index contributed by atoms with van der Waals surface area (Å²) in [6.45, 7) is 10.8. The third-order valence-electron chi connectivity index (χ3n) is 4.52. The van der Waals surface area contributed by atoms with Crippen LogP contribution in [0.25, 0.3) is 6.08 Å². The van der Waals surface area contributed by atoms with Gasteiger partial charge in [-0.2, -0.15) is 0 Å². The number of amides is 2. The van der Waals surface area contributed by atoms with Crippen molar-refractivity contribution < 1.29 is 22.7 Å². The Bertz CT molecular complexity index is 882. The average molecular weight is 438 g/mol. The first-order valence-corrected chi connectivity index (χ1v) is 11.5. The number of carbonyl (C=O) groups is 2. The Morgan fingerprint density at radius 3 is 2.30 bits per heavy atom. The number of hydrogen-bond acceptors (Lipinski definition) is 5. The molecule has 9 heteroatoms. The molecule has 1 aromatic carbocycles. The molecule has 1 aliphatic rings. The number of sulfonamides is 1. The van der Waals surface area contributed by atoms with Gasteiger partial charge in [0.25, 0.3) is 0 Å². The molecule has 1 aliphatic heterocycles. The van der Waals surface area contributed by atoms with Crippen LogP contribution in [0.1, 0.15) is 40.2 Å². The van der Waals surface area contributed by atoms with Gasteiger partial charge in [0.05, 0.1) is 10.9 Å². The van der Waals surface area contributed by atoms with E-state index in [-0.39, 0.29) is 22.9 Å². The minimum atomic E-state index is -3.50. The number of hydrogen-bond donors (Lipinski definition) is 1. The number of likely N-dealkylation sites (N-methyl/N-ethyl adjacent to an activating group) is 1. The number of rotatable bonds is 7. The molecule has 0 aromatic heterocycles. The fraction of sp³-hybridized carbons (Fsp3) is 0.524. The van der Waals surface area contributed by atoms with E-state index in [0.29, 0.717) is 26.2 Å². The molecule has 166 valence electrons. The molecule has 1 saturated heterocycles. The highest BCUT2D eigenvalue weighted by atomic mass is 32.2. The Labute approximate surface area is 178 Å². The molecule has 1 heterocycles. The second-order valence-corrected chi connectivity index (χ2v) is 9.83. The lowest BCUT2D eigenvalue weighted by Gasteiger charge is -2.44. The zero-order valence-electron chi connectivity index (χ0n) is 18.2. The standard InChI is InChI=1S/C21H31N3O5S/c1-6-22-30(27,28)18-11-8-16(9-12-18)10-13-19(25)24(7-2)17-14-23(15-17)20(26)29-21(3,4)5/h8-13,17,22H,6-7,14-15H2,1-5H3/b13-10+. The molecular weight excluding hydrogens is 406 g/mol. The maximum Gasteiger partial charge on any atom is 0.410 e. The van der Waals surface area contributed by atoms with E-state index in [0.717, 1.165) is 5.56 Å². The third-order valence-corrected chi connectivity index (χ3v) is 6.08. The van der Waals surface area contributed by atoms with Crippen LogP contribution in [0, 0.1) is 0 Å². The third kappa shape index (κ3) is 6.30. The van der Waals surface area contributed by atoms with Gasteiger partial charge in [0, 0.05) is 32.3 Å². The Kier molecular flexibility index (Phi) is 7.65. The van der Waals surface area contributed by atoms with Gasteiger partial charge in [0.1, 0.15) is 5.60 Å². The quantitative estimate of drug-likeness (QED) is 0.661. The topological polar surface area (TPSA) is 96.0 Å². The van der Waals surface area contributed by atoms with E-state index in [2.05, 4.69) is 4.72 Å². The SMILES string of the molecule is CCNS(=O)(=O)c1ccc(/C=C/C(=O)N(CC)C2CN(C(=O)OC(C)(C)C)C2)cc1. The van der Waals surface area contributed by atoms with E-state index in [1.54, 1.807) is 34.9 Å². The van der Waals surface area contributed by atoms with Gasteiger partial charge < -0.3 is 14.5 Å². The van der Waals surface area contributed by atoms with Gasteiger partial charge in [-0.3, -0.25) is 4.79 Å². The van der Waals surface area contributed by atoms with Crippen LogP contribution in [0.5, 0.6) is 0 Å². The van der Waals surface area contributed by atoms with E-state index in [9.17, 15) is 18.0 Å². The normalized spacial score (nSPS) is 15.2. The van der Waals surface area contributed by atoms with Crippen molar-refractivity contribution in [3.8, 4) is 0 Å². The van der Waals surface area contributed by atoms with Crippen molar-refractivity contribution in [1.82, 2.24) is 14.5 Å². The summed E-state index contributed by atoms with van der Waals surface area (Å²) in [5.41, 5.74) is 0.172. The molecule has 2 rings (SSSR count). The summed E-state index contributed by atoms with van der Waals surface area (Å²) in [6, 6.07) is 6.26. The van der Waals surface area contributed by atoms with E-state index in [1.165, 1.54) is 18.2 Å². The molecule has 2 amide bonds. The number of nitrogens with zero attached hydrogens (tertiary/aromatic N) is 2. The molecule has 0 unspecified atom stereocenters. The highest BCUT2D eigenvalue weighted by Crippen LogP contribution is 2.19. The molecule has 0 spiro atoms. The van der Waals surface area contributed by atoms with Crippen LogP contribution in [0.2, 0.25) is 0 Å². The fourth-order valence-electron chi connectivity index (χ4n) is 3.02. The highest BCUT2D eigenvalue weighted by molar-refractivity contribution is 7.89. The summed E-state index contributed by atoms with van der Waals surface area (Å²) in [5.74, 6) is -0.157. The number of carbonyl (C=O) groups excluding carboxylic acids is 2. The number of nitrogens with one attached hydrogen (secondary N) is 1. The molecule has 1 N–H and O–H groups in total.